The van der Waals surface area contributed by atoms with E-state index in [1.807, 2.05) is 0 Å². The second kappa shape index (κ2) is 13.9. The molecule has 0 spiro atoms. The minimum Gasteiger partial charge on any atom is -0.500 e. The van der Waals surface area contributed by atoms with Crippen LogP contribution in [0.15, 0.2) is 17.1 Å². The Morgan fingerprint density at radius 2 is 1.73 bits per heavy atom. The third kappa shape index (κ3) is 8.38. The van der Waals surface area contributed by atoms with Crippen molar-refractivity contribution in [2.45, 2.75) is 65.1 Å². The number of carbonyl (C=O) groups excluding carboxylic acids is 3. The van der Waals surface area contributed by atoms with Gasteiger partial charge in [-0.05, 0) is 39.7 Å². The van der Waals surface area contributed by atoms with Crippen LogP contribution in [0.3, 0.4) is 0 Å². The fourth-order valence-electron chi connectivity index (χ4n) is 4.72. The maximum absolute atomic E-state index is 15.5. The third-order valence-corrected chi connectivity index (χ3v) is 6.66. The number of ether oxygens (including phenoxy) is 2. The number of benzene rings is 1. The van der Waals surface area contributed by atoms with Gasteiger partial charge in [0.1, 0.15) is 16.9 Å². The van der Waals surface area contributed by atoms with E-state index >= 15 is 4.39 Å². The number of methoxy groups -OCH3 is 1. The summed E-state index contributed by atoms with van der Waals surface area (Å²) in [5, 5.41) is 12.1. The molecule has 44 heavy (non-hydrogen) atoms. The number of fused-ring (bicyclic) bond motifs is 1. The van der Waals surface area contributed by atoms with Crippen molar-refractivity contribution in [3.05, 3.63) is 33.9 Å². The van der Waals surface area contributed by atoms with Gasteiger partial charge in [0, 0.05) is 45.1 Å². The van der Waals surface area contributed by atoms with Crippen molar-refractivity contribution in [2.75, 3.05) is 31.8 Å². The molecule has 1 saturated heterocycles. The van der Waals surface area contributed by atoms with Gasteiger partial charge >= 0.3 is 19.7 Å². The van der Waals surface area contributed by atoms with Gasteiger partial charge in [0.05, 0.1) is 30.7 Å². The van der Waals surface area contributed by atoms with E-state index in [9.17, 15) is 33.5 Å². The van der Waals surface area contributed by atoms with Gasteiger partial charge < -0.3 is 38.7 Å². The Balaban J connectivity index is 0.000000512. The van der Waals surface area contributed by atoms with Crippen LogP contribution in [0.5, 0.6) is 5.75 Å². The van der Waals surface area contributed by atoms with Crippen molar-refractivity contribution in [1.82, 2.24) is 9.88 Å². The summed E-state index contributed by atoms with van der Waals surface area (Å²) >= 11 is 0. The van der Waals surface area contributed by atoms with Gasteiger partial charge in [-0.15, -0.1) is 0 Å². The van der Waals surface area contributed by atoms with Crippen LogP contribution in [-0.2, 0) is 23.6 Å². The molecule has 16 heteroatoms. The number of nitrogens with zero attached hydrogens (tertiary/aromatic N) is 2. The Hall–Kier alpha value is -4.37. The van der Waals surface area contributed by atoms with E-state index in [4.69, 9.17) is 9.47 Å². The highest BCUT2D eigenvalue weighted by atomic mass is 19.1. The number of alkyl carbamates (subject to hydrolysis) is 1. The first-order chi connectivity index (χ1) is 20.6. The molecule has 0 unspecified atom stereocenters. The molecule has 1 radical (unpaired) electrons. The van der Waals surface area contributed by atoms with Crippen LogP contribution in [0.4, 0.5) is 19.3 Å². The average molecular weight is 622 g/mol. The summed E-state index contributed by atoms with van der Waals surface area (Å²) in [6.45, 7) is 6.99. The molecule has 2 aliphatic rings. The van der Waals surface area contributed by atoms with E-state index in [1.54, 1.807) is 30.2 Å². The predicted molar refractivity (Wildman–Crippen MR) is 154 cm³/mol. The van der Waals surface area contributed by atoms with Gasteiger partial charge in [-0.2, -0.15) is 0 Å². The number of hydrogen-bond acceptors (Lipinski definition) is 10. The normalized spacial score (nSPS) is 17.7. The minimum atomic E-state index is -1.39. The van der Waals surface area contributed by atoms with Gasteiger partial charge in [0.2, 0.25) is 5.43 Å². The zero-order chi connectivity index (χ0) is 32.9. The molecule has 1 aromatic carbocycles. The molecule has 1 amide bonds. The fourth-order valence-corrected chi connectivity index (χ4v) is 4.72. The second-order valence-electron chi connectivity index (χ2n) is 11.3. The zero-order valence-corrected chi connectivity index (χ0v) is 25.3. The largest absolute Gasteiger partial charge is 0.662 e. The number of halogens is 2. The van der Waals surface area contributed by atoms with Crippen LogP contribution in [0.25, 0.3) is 10.9 Å². The number of hydrogen-bond donors (Lipinski definition) is 2. The zero-order valence-electron chi connectivity index (χ0n) is 25.3. The molecular weight excluding hydrogens is 587 g/mol. The Bertz CT molecular complexity index is 1480. The lowest BCUT2D eigenvalue weighted by molar-refractivity contribution is -0.136. The van der Waals surface area contributed by atoms with E-state index in [0.717, 1.165) is 18.9 Å². The van der Waals surface area contributed by atoms with E-state index in [1.165, 1.54) is 27.2 Å². The highest BCUT2D eigenvalue weighted by molar-refractivity contribution is 6.25. The summed E-state index contributed by atoms with van der Waals surface area (Å²) in [6.07, 6.45) is 2.14. The first-order valence-electron chi connectivity index (χ1n) is 13.7. The van der Waals surface area contributed by atoms with Gasteiger partial charge in [0.15, 0.2) is 11.6 Å². The molecule has 1 aliphatic heterocycles. The number of anilines is 1. The molecule has 2 fully saturated rings. The van der Waals surface area contributed by atoms with Crippen LogP contribution in [0.2, 0.25) is 0 Å². The Morgan fingerprint density at radius 1 is 1.11 bits per heavy atom. The Morgan fingerprint density at radius 3 is 2.20 bits per heavy atom. The molecule has 2 heterocycles. The number of alkyl halides is 1. The number of carboxylic acids is 1. The van der Waals surface area contributed by atoms with E-state index in [-0.39, 0.29) is 36.0 Å². The van der Waals surface area contributed by atoms with Crippen molar-refractivity contribution in [3.63, 3.8) is 0 Å². The second-order valence-corrected chi connectivity index (χ2v) is 11.3. The van der Waals surface area contributed by atoms with Crippen molar-refractivity contribution in [3.8, 4) is 5.75 Å². The van der Waals surface area contributed by atoms with E-state index in [2.05, 4.69) is 14.6 Å². The molecule has 2 atom stereocenters. The van der Waals surface area contributed by atoms with Crippen molar-refractivity contribution >= 4 is 48.3 Å². The lowest BCUT2D eigenvalue weighted by Gasteiger charge is -2.25. The number of amides is 1. The van der Waals surface area contributed by atoms with Gasteiger partial charge in [-0.25, -0.2) is 14.0 Å². The summed E-state index contributed by atoms with van der Waals surface area (Å²) in [7, 11) is 2.04. The molecular formula is C28H35BF2N3O10. The molecule has 0 bridgehead atoms. The fraction of sp³-hybridized carbons (Fsp3) is 0.536. The van der Waals surface area contributed by atoms with Gasteiger partial charge in [-0.3, -0.25) is 18.8 Å². The summed E-state index contributed by atoms with van der Waals surface area (Å²) in [5.74, 6) is -3.78. The number of carbonyl (C=O) groups is 4. The summed E-state index contributed by atoms with van der Waals surface area (Å²) in [6, 6.07) is 0.330. The molecule has 4 rings (SSSR count). The number of rotatable bonds is 8. The predicted octanol–water partition coefficient (Wildman–Crippen LogP) is 3.13. The summed E-state index contributed by atoms with van der Waals surface area (Å²) in [5.41, 5.74) is -1.66. The topological polar surface area (TPSA) is 163 Å². The molecule has 239 valence electrons. The SMILES string of the molecule is CC(=O)O[B]OC(C)=O.COc1c(N2C[C@H](CF)[C@H](NC(=O)OC(C)(C)C)C2)c(F)cc2c(=O)c(C(=O)O)cn(C3CC3)c12. The highest BCUT2D eigenvalue weighted by Crippen LogP contribution is 2.44. The third-order valence-electron chi connectivity index (χ3n) is 6.66. The number of aromatic nitrogens is 1. The van der Waals surface area contributed by atoms with Crippen LogP contribution < -0.4 is 20.4 Å². The average Bonchev–Trinajstić information content (AvgIpc) is 3.67. The maximum Gasteiger partial charge on any atom is 0.662 e. The first kappa shape index (κ1) is 34.1. The molecule has 13 nitrogen and oxygen atoms in total. The quantitative estimate of drug-likeness (QED) is 0.416. The highest BCUT2D eigenvalue weighted by Gasteiger charge is 2.39. The number of nitrogens with one attached hydrogen (secondary N) is 1. The Kier molecular flexibility index (Phi) is 10.8. The standard InChI is InChI=1S/C24H29F2N3O6.C4H6BO4/c1-24(2,3)35-23(33)27-17-11-28(9-12(17)8-25)19-16(26)7-14-18(21(19)34-4)29(13-5-6-13)10-15(20(14)30)22(31)32;1-3(6)8-5-9-4(2)7/h7,10,12-13,17H,5-6,8-9,11H2,1-4H3,(H,27,33)(H,31,32);1-2H3/t12-,17+;/m0./s1. The lowest BCUT2D eigenvalue weighted by atomic mass is 10.1. The van der Waals surface area contributed by atoms with Crippen LogP contribution in [-0.4, -0.2) is 79.9 Å². The molecule has 1 aliphatic carbocycles. The van der Waals surface area contributed by atoms with Crippen LogP contribution >= 0.6 is 0 Å². The van der Waals surface area contributed by atoms with Gasteiger partial charge in [-0.1, -0.05) is 0 Å². The van der Waals surface area contributed by atoms with E-state index in [0.29, 0.717) is 13.2 Å². The Labute approximate surface area is 252 Å². The monoisotopic (exact) mass is 622 g/mol. The number of carboxylic acid groups (broad SMARTS) is 1. The molecule has 1 aromatic heterocycles. The van der Waals surface area contributed by atoms with Gasteiger partial charge in [0.25, 0.3) is 11.9 Å². The minimum absolute atomic E-state index is 0.0313. The van der Waals surface area contributed by atoms with Crippen molar-refractivity contribution in [2.24, 2.45) is 5.92 Å². The van der Waals surface area contributed by atoms with E-state index < -0.39 is 65.0 Å². The number of aromatic carboxylic acids is 1. The molecule has 2 N–H and O–H groups in total. The van der Waals surface area contributed by atoms with Crippen LogP contribution in [0, 0.1) is 11.7 Å². The summed E-state index contributed by atoms with van der Waals surface area (Å²) < 4.78 is 50.2. The lowest BCUT2D eigenvalue weighted by Crippen LogP contribution is -2.43. The van der Waals surface area contributed by atoms with Crippen molar-refractivity contribution < 1.29 is 51.8 Å². The van der Waals surface area contributed by atoms with Crippen molar-refractivity contribution in [1.29, 1.82) is 0 Å². The number of pyridine rings is 1. The maximum atomic E-state index is 15.5. The molecule has 2 aromatic rings. The smallest absolute Gasteiger partial charge is 0.500 e. The molecule has 1 saturated carbocycles. The summed E-state index contributed by atoms with van der Waals surface area (Å²) in [4.78, 5) is 58.3. The van der Waals surface area contributed by atoms with Crippen LogP contribution in [0.1, 0.15) is 63.9 Å². The first-order valence-corrected chi connectivity index (χ1v) is 13.7.